The molecule has 2 aromatic rings. The van der Waals surface area contributed by atoms with Crippen LogP contribution in [0.4, 0.5) is 16.0 Å². The lowest BCUT2D eigenvalue weighted by atomic mass is 10.1. The van der Waals surface area contributed by atoms with Crippen molar-refractivity contribution in [2.75, 3.05) is 11.1 Å². The van der Waals surface area contributed by atoms with Crippen molar-refractivity contribution in [3.8, 4) is 0 Å². The summed E-state index contributed by atoms with van der Waals surface area (Å²) in [5.41, 5.74) is 6.49. The van der Waals surface area contributed by atoms with Crippen molar-refractivity contribution in [1.29, 1.82) is 0 Å². The molecule has 0 aliphatic carbocycles. The third-order valence-electron chi connectivity index (χ3n) is 2.52. The maximum Gasteiger partial charge on any atom is 0.146 e. The summed E-state index contributed by atoms with van der Waals surface area (Å²) in [5.74, 6) is 0.681. The van der Waals surface area contributed by atoms with Crippen molar-refractivity contribution < 1.29 is 4.39 Å². The summed E-state index contributed by atoms with van der Waals surface area (Å²) < 4.78 is 13.7. The van der Waals surface area contributed by atoms with Gasteiger partial charge in [-0.3, -0.25) is 0 Å². The molecule has 2 rings (SSSR count). The first kappa shape index (κ1) is 12.8. The van der Waals surface area contributed by atoms with E-state index in [2.05, 4.69) is 31.2 Å². The van der Waals surface area contributed by atoms with E-state index in [9.17, 15) is 4.39 Å². The summed E-state index contributed by atoms with van der Waals surface area (Å²) in [6.07, 6.45) is 1.38. The number of anilines is 2. The second kappa shape index (κ2) is 5.30. The second-order valence-corrected chi connectivity index (χ2v) is 4.64. The lowest BCUT2D eigenvalue weighted by molar-refractivity contribution is 0.623. The molecular weight excluding hydrogens is 299 g/mol. The maximum absolute atomic E-state index is 13.1. The molecule has 3 N–H and O–H groups in total. The standard InChI is InChI=1S/C12H12BrFN4/c1-7(8-3-2-4-9(14)5-8)18-12-10(13)11(15)16-6-17-12/h2-7H,1H3,(H3,15,16,17,18). The van der Waals surface area contributed by atoms with Crippen LogP contribution < -0.4 is 11.1 Å². The van der Waals surface area contributed by atoms with Gasteiger partial charge in [0.05, 0.1) is 6.04 Å². The monoisotopic (exact) mass is 310 g/mol. The summed E-state index contributed by atoms with van der Waals surface area (Å²) in [4.78, 5) is 7.94. The van der Waals surface area contributed by atoms with Gasteiger partial charge in [0.25, 0.3) is 0 Å². The Kier molecular flexibility index (Phi) is 3.76. The van der Waals surface area contributed by atoms with E-state index in [0.29, 0.717) is 16.1 Å². The molecule has 0 bridgehead atoms. The van der Waals surface area contributed by atoms with E-state index in [0.717, 1.165) is 5.56 Å². The summed E-state index contributed by atoms with van der Waals surface area (Å²) in [6.45, 7) is 1.92. The van der Waals surface area contributed by atoms with Gasteiger partial charge < -0.3 is 11.1 Å². The maximum atomic E-state index is 13.1. The molecule has 4 nitrogen and oxygen atoms in total. The predicted octanol–water partition coefficient (Wildman–Crippen LogP) is 3.13. The number of nitrogens with one attached hydrogen (secondary N) is 1. The number of rotatable bonds is 3. The van der Waals surface area contributed by atoms with E-state index >= 15 is 0 Å². The third-order valence-corrected chi connectivity index (χ3v) is 3.30. The van der Waals surface area contributed by atoms with Gasteiger partial charge in [0, 0.05) is 0 Å². The molecule has 1 atom stereocenters. The molecule has 0 aliphatic rings. The van der Waals surface area contributed by atoms with Crippen LogP contribution in [0, 0.1) is 5.82 Å². The Morgan fingerprint density at radius 1 is 1.39 bits per heavy atom. The molecule has 0 aliphatic heterocycles. The fraction of sp³-hybridized carbons (Fsp3) is 0.167. The van der Waals surface area contributed by atoms with Crippen molar-refractivity contribution in [2.45, 2.75) is 13.0 Å². The Labute approximate surface area is 113 Å². The lowest BCUT2D eigenvalue weighted by Gasteiger charge is -2.16. The number of halogens is 2. The van der Waals surface area contributed by atoms with Crippen molar-refractivity contribution >= 4 is 27.6 Å². The number of aromatic nitrogens is 2. The number of hydrogen-bond acceptors (Lipinski definition) is 4. The van der Waals surface area contributed by atoms with Crippen LogP contribution in [0.3, 0.4) is 0 Å². The van der Waals surface area contributed by atoms with E-state index < -0.39 is 0 Å². The minimum absolute atomic E-state index is 0.0914. The zero-order valence-electron chi connectivity index (χ0n) is 9.69. The van der Waals surface area contributed by atoms with E-state index in [1.54, 1.807) is 6.07 Å². The summed E-state index contributed by atoms with van der Waals surface area (Å²) in [5, 5.41) is 3.15. The quantitative estimate of drug-likeness (QED) is 0.914. The summed E-state index contributed by atoms with van der Waals surface area (Å²) in [7, 11) is 0. The highest BCUT2D eigenvalue weighted by atomic mass is 79.9. The summed E-state index contributed by atoms with van der Waals surface area (Å²) in [6, 6.07) is 6.32. The average molecular weight is 311 g/mol. The van der Waals surface area contributed by atoms with Gasteiger partial charge in [0.15, 0.2) is 0 Å². The minimum Gasteiger partial charge on any atom is -0.383 e. The van der Waals surface area contributed by atoms with Gasteiger partial charge in [0.2, 0.25) is 0 Å². The minimum atomic E-state index is -0.262. The van der Waals surface area contributed by atoms with Gasteiger partial charge in [-0.05, 0) is 40.5 Å². The van der Waals surface area contributed by atoms with E-state index in [-0.39, 0.29) is 11.9 Å². The summed E-state index contributed by atoms with van der Waals surface area (Å²) >= 11 is 3.31. The van der Waals surface area contributed by atoms with Crippen LogP contribution in [0.2, 0.25) is 0 Å². The van der Waals surface area contributed by atoms with Crippen LogP contribution in [0.1, 0.15) is 18.5 Å². The third kappa shape index (κ3) is 2.76. The number of benzene rings is 1. The molecule has 0 saturated carbocycles. The van der Waals surface area contributed by atoms with Gasteiger partial charge >= 0.3 is 0 Å². The van der Waals surface area contributed by atoms with Crippen LogP contribution in [-0.2, 0) is 0 Å². The SMILES string of the molecule is CC(Nc1ncnc(N)c1Br)c1cccc(F)c1. The molecule has 18 heavy (non-hydrogen) atoms. The normalized spacial score (nSPS) is 12.2. The van der Waals surface area contributed by atoms with Gasteiger partial charge in [0.1, 0.15) is 28.3 Å². The van der Waals surface area contributed by atoms with Gasteiger partial charge in [-0.15, -0.1) is 0 Å². The predicted molar refractivity (Wildman–Crippen MR) is 72.6 cm³/mol. The Balaban J connectivity index is 2.21. The van der Waals surface area contributed by atoms with Crippen LogP contribution in [-0.4, -0.2) is 9.97 Å². The van der Waals surface area contributed by atoms with E-state index in [1.807, 2.05) is 13.0 Å². The molecule has 1 unspecified atom stereocenters. The van der Waals surface area contributed by atoms with Crippen molar-refractivity contribution in [1.82, 2.24) is 9.97 Å². The Hall–Kier alpha value is -1.69. The second-order valence-electron chi connectivity index (χ2n) is 3.84. The highest BCUT2D eigenvalue weighted by molar-refractivity contribution is 9.10. The van der Waals surface area contributed by atoms with Crippen LogP contribution in [0.5, 0.6) is 0 Å². The Morgan fingerprint density at radius 3 is 2.89 bits per heavy atom. The molecule has 0 saturated heterocycles. The zero-order valence-corrected chi connectivity index (χ0v) is 11.3. The van der Waals surface area contributed by atoms with Crippen LogP contribution in [0.15, 0.2) is 35.1 Å². The molecule has 0 spiro atoms. The first-order chi connectivity index (χ1) is 8.58. The average Bonchev–Trinajstić information content (AvgIpc) is 2.35. The molecule has 1 aromatic carbocycles. The molecule has 6 heteroatoms. The first-order valence-electron chi connectivity index (χ1n) is 5.36. The first-order valence-corrected chi connectivity index (χ1v) is 6.15. The highest BCUT2D eigenvalue weighted by Gasteiger charge is 2.11. The number of nitrogens with zero attached hydrogens (tertiary/aromatic N) is 2. The van der Waals surface area contributed by atoms with Crippen LogP contribution >= 0.6 is 15.9 Å². The fourth-order valence-corrected chi connectivity index (χ4v) is 1.87. The number of nitrogens with two attached hydrogens (primary N) is 1. The van der Waals surface area contributed by atoms with Gasteiger partial charge in [-0.25, -0.2) is 14.4 Å². The topological polar surface area (TPSA) is 63.8 Å². The molecule has 94 valence electrons. The number of nitrogen functional groups attached to an aromatic ring is 1. The van der Waals surface area contributed by atoms with Gasteiger partial charge in [-0.2, -0.15) is 0 Å². The molecule has 0 fully saturated rings. The zero-order chi connectivity index (χ0) is 13.1. The van der Waals surface area contributed by atoms with Crippen molar-refractivity contribution in [3.63, 3.8) is 0 Å². The molecular formula is C12H12BrFN4. The van der Waals surface area contributed by atoms with E-state index in [1.165, 1.54) is 18.5 Å². The lowest BCUT2D eigenvalue weighted by Crippen LogP contribution is -2.10. The molecule has 0 radical (unpaired) electrons. The van der Waals surface area contributed by atoms with Gasteiger partial charge in [-0.1, -0.05) is 12.1 Å². The number of hydrogen-bond donors (Lipinski definition) is 2. The smallest absolute Gasteiger partial charge is 0.146 e. The molecule has 0 amide bonds. The van der Waals surface area contributed by atoms with E-state index in [4.69, 9.17) is 5.73 Å². The highest BCUT2D eigenvalue weighted by Crippen LogP contribution is 2.27. The molecule has 1 aromatic heterocycles. The van der Waals surface area contributed by atoms with Crippen LogP contribution in [0.25, 0.3) is 0 Å². The fourth-order valence-electron chi connectivity index (χ4n) is 1.55. The van der Waals surface area contributed by atoms with Crippen molar-refractivity contribution in [3.05, 3.63) is 46.4 Å². The largest absolute Gasteiger partial charge is 0.383 e. The van der Waals surface area contributed by atoms with Crippen molar-refractivity contribution in [2.24, 2.45) is 0 Å². The Morgan fingerprint density at radius 2 is 2.17 bits per heavy atom. The molecule has 1 heterocycles. The Bertz CT molecular complexity index is 562.